The number of hydrogen-bond donors (Lipinski definition) is 1. The molecule has 0 aromatic heterocycles. The van der Waals surface area contributed by atoms with Crippen molar-refractivity contribution in [3.8, 4) is 0 Å². The molecule has 2 aromatic rings. The van der Waals surface area contributed by atoms with Crippen LogP contribution in [0.15, 0.2) is 48.5 Å². The molecule has 0 fully saturated rings. The van der Waals surface area contributed by atoms with Crippen molar-refractivity contribution < 1.29 is 9.18 Å². The number of amides is 1. The van der Waals surface area contributed by atoms with Crippen molar-refractivity contribution in [2.24, 2.45) is 0 Å². The van der Waals surface area contributed by atoms with Gasteiger partial charge in [-0.25, -0.2) is 4.39 Å². The van der Waals surface area contributed by atoms with Crippen LogP contribution in [0.4, 0.5) is 4.39 Å². The Hall–Kier alpha value is -2.16. The van der Waals surface area contributed by atoms with Gasteiger partial charge in [0.05, 0.1) is 5.56 Å². The first-order chi connectivity index (χ1) is 9.56. The molecular weight excluding hydrogens is 253 g/mol. The van der Waals surface area contributed by atoms with Gasteiger partial charge in [-0.1, -0.05) is 42.0 Å². The van der Waals surface area contributed by atoms with Crippen LogP contribution in [-0.2, 0) is 6.42 Å². The van der Waals surface area contributed by atoms with E-state index in [1.807, 2.05) is 44.2 Å². The minimum atomic E-state index is -0.486. The van der Waals surface area contributed by atoms with E-state index < -0.39 is 5.82 Å². The maximum absolute atomic E-state index is 13.6. The summed E-state index contributed by atoms with van der Waals surface area (Å²) in [6.45, 7) is 3.75. The van der Waals surface area contributed by atoms with Gasteiger partial charge in [0.25, 0.3) is 5.91 Å². The summed E-state index contributed by atoms with van der Waals surface area (Å²) >= 11 is 0. The third-order valence-corrected chi connectivity index (χ3v) is 3.13. The summed E-state index contributed by atoms with van der Waals surface area (Å²) in [5, 5.41) is 2.83. The molecule has 0 spiro atoms. The van der Waals surface area contributed by atoms with Crippen LogP contribution in [0.2, 0.25) is 0 Å². The second-order valence-electron chi connectivity index (χ2n) is 5.05. The van der Waals surface area contributed by atoms with Crippen LogP contribution in [0.1, 0.15) is 28.4 Å². The molecule has 0 radical (unpaired) electrons. The zero-order chi connectivity index (χ0) is 14.5. The van der Waals surface area contributed by atoms with E-state index in [1.165, 1.54) is 6.07 Å². The van der Waals surface area contributed by atoms with Gasteiger partial charge in [0, 0.05) is 6.04 Å². The number of benzene rings is 2. The molecule has 0 saturated heterocycles. The quantitative estimate of drug-likeness (QED) is 0.906. The smallest absolute Gasteiger partial charge is 0.254 e. The van der Waals surface area contributed by atoms with E-state index in [4.69, 9.17) is 0 Å². The molecule has 1 N–H and O–H groups in total. The Morgan fingerprint density at radius 1 is 1.20 bits per heavy atom. The molecule has 0 aliphatic rings. The van der Waals surface area contributed by atoms with Crippen LogP contribution < -0.4 is 5.32 Å². The normalized spacial score (nSPS) is 11.9. The maximum Gasteiger partial charge on any atom is 0.254 e. The van der Waals surface area contributed by atoms with Crippen molar-refractivity contribution >= 4 is 5.91 Å². The van der Waals surface area contributed by atoms with E-state index in [-0.39, 0.29) is 17.5 Å². The van der Waals surface area contributed by atoms with E-state index >= 15 is 0 Å². The lowest BCUT2D eigenvalue weighted by molar-refractivity contribution is 0.0936. The number of nitrogens with one attached hydrogen (secondary N) is 1. The zero-order valence-electron chi connectivity index (χ0n) is 11.7. The van der Waals surface area contributed by atoms with E-state index in [0.29, 0.717) is 0 Å². The first-order valence-corrected chi connectivity index (χ1v) is 6.67. The molecule has 0 heterocycles. The summed E-state index contributed by atoms with van der Waals surface area (Å²) in [6, 6.07) is 14.4. The lowest BCUT2D eigenvalue weighted by Gasteiger charge is -2.14. The molecule has 2 nitrogen and oxygen atoms in total. The first kappa shape index (κ1) is 14.3. The van der Waals surface area contributed by atoms with Crippen molar-refractivity contribution in [3.63, 3.8) is 0 Å². The minimum absolute atomic E-state index is 0.0511. The number of aryl methyl sites for hydroxylation is 1. The number of carbonyl (C=O) groups is 1. The van der Waals surface area contributed by atoms with Crippen LogP contribution in [0.5, 0.6) is 0 Å². The average Bonchev–Trinajstić information content (AvgIpc) is 2.42. The van der Waals surface area contributed by atoms with Crippen LogP contribution >= 0.6 is 0 Å². The standard InChI is InChI=1S/C17H18FNO/c1-12-8-9-16(18)15(10-12)17(20)19-13(2)11-14-6-4-3-5-7-14/h3-10,13H,11H2,1-2H3,(H,19,20). The van der Waals surface area contributed by atoms with Gasteiger partial charge in [0.15, 0.2) is 0 Å². The highest BCUT2D eigenvalue weighted by molar-refractivity contribution is 5.94. The number of rotatable bonds is 4. The van der Waals surface area contributed by atoms with Crippen LogP contribution in [0.3, 0.4) is 0 Å². The summed E-state index contributed by atoms with van der Waals surface area (Å²) in [4.78, 5) is 12.1. The lowest BCUT2D eigenvalue weighted by atomic mass is 10.1. The second kappa shape index (κ2) is 6.33. The van der Waals surface area contributed by atoms with Gasteiger partial charge >= 0.3 is 0 Å². The van der Waals surface area contributed by atoms with Crippen LogP contribution in [0, 0.1) is 12.7 Å². The third-order valence-electron chi connectivity index (χ3n) is 3.13. The molecule has 1 amide bonds. The molecule has 0 bridgehead atoms. The van der Waals surface area contributed by atoms with E-state index in [9.17, 15) is 9.18 Å². The third kappa shape index (κ3) is 3.67. The van der Waals surface area contributed by atoms with Crippen molar-refractivity contribution in [3.05, 3.63) is 71.0 Å². The Balaban J connectivity index is 2.02. The molecule has 3 heteroatoms. The predicted octanol–water partition coefficient (Wildman–Crippen LogP) is 3.50. The van der Waals surface area contributed by atoms with Crippen LogP contribution in [0.25, 0.3) is 0 Å². The summed E-state index contributed by atoms with van der Waals surface area (Å²) < 4.78 is 13.6. The molecule has 20 heavy (non-hydrogen) atoms. The van der Waals surface area contributed by atoms with Gasteiger partial charge < -0.3 is 5.32 Å². The Bertz CT molecular complexity index is 595. The fraction of sp³-hybridized carbons (Fsp3) is 0.235. The predicted molar refractivity (Wildman–Crippen MR) is 78.2 cm³/mol. The minimum Gasteiger partial charge on any atom is -0.349 e. The highest BCUT2D eigenvalue weighted by Gasteiger charge is 2.14. The van der Waals surface area contributed by atoms with E-state index in [0.717, 1.165) is 17.5 Å². The van der Waals surface area contributed by atoms with Gasteiger partial charge in [-0.15, -0.1) is 0 Å². The topological polar surface area (TPSA) is 29.1 Å². The largest absolute Gasteiger partial charge is 0.349 e. The highest BCUT2D eigenvalue weighted by Crippen LogP contribution is 2.11. The average molecular weight is 271 g/mol. The summed E-state index contributed by atoms with van der Waals surface area (Å²) in [7, 11) is 0. The Morgan fingerprint density at radius 2 is 1.90 bits per heavy atom. The van der Waals surface area contributed by atoms with Crippen molar-refractivity contribution in [2.75, 3.05) is 0 Å². The molecule has 1 atom stereocenters. The molecule has 1 unspecified atom stereocenters. The van der Waals surface area contributed by atoms with E-state index in [2.05, 4.69) is 5.32 Å². The molecule has 104 valence electrons. The van der Waals surface area contributed by atoms with Gasteiger partial charge in [-0.05, 0) is 38.0 Å². The molecule has 0 aliphatic heterocycles. The fourth-order valence-corrected chi connectivity index (χ4v) is 2.13. The summed E-state index contributed by atoms with van der Waals surface area (Å²) in [5.41, 5.74) is 2.11. The van der Waals surface area contributed by atoms with E-state index in [1.54, 1.807) is 12.1 Å². The fourth-order valence-electron chi connectivity index (χ4n) is 2.13. The number of hydrogen-bond acceptors (Lipinski definition) is 1. The number of halogens is 1. The molecule has 0 saturated carbocycles. The molecular formula is C17H18FNO. The Labute approximate surface area is 118 Å². The first-order valence-electron chi connectivity index (χ1n) is 6.67. The van der Waals surface area contributed by atoms with Crippen molar-refractivity contribution in [1.29, 1.82) is 0 Å². The summed E-state index contributed by atoms with van der Waals surface area (Å²) in [6.07, 6.45) is 0.722. The van der Waals surface area contributed by atoms with Gasteiger partial charge in [-0.2, -0.15) is 0 Å². The van der Waals surface area contributed by atoms with Crippen LogP contribution in [-0.4, -0.2) is 11.9 Å². The molecule has 0 aliphatic carbocycles. The maximum atomic E-state index is 13.6. The summed E-state index contributed by atoms with van der Waals surface area (Å²) in [5.74, 6) is -0.852. The Kier molecular flexibility index (Phi) is 4.51. The number of carbonyl (C=O) groups excluding carboxylic acids is 1. The second-order valence-corrected chi connectivity index (χ2v) is 5.05. The lowest BCUT2D eigenvalue weighted by Crippen LogP contribution is -2.34. The Morgan fingerprint density at radius 3 is 2.60 bits per heavy atom. The SMILES string of the molecule is Cc1ccc(F)c(C(=O)NC(C)Cc2ccccc2)c1. The molecule has 2 rings (SSSR count). The van der Waals surface area contributed by atoms with Gasteiger partial charge in [0.2, 0.25) is 0 Å². The highest BCUT2D eigenvalue weighted by atomic mass is 19.1. The van der Waals surface area contributed by atoms with Gasteiger partial charge in [0.1, 0.15) is 5.82 Å². The molecule has 2 aromatic carbocycles. The van der Waals surface area contributed by atoms with Crippen molar-refractivity contribution in [2.45, 2.75) is 26.3 Å². The monoisotopic (exact) mass is 271 g/mol. The van der Waals surface area contributed by atoms with Crippen molar-refractivity contribution in [1.82, 2.24) is 5.32 Å². The van der Waals surface area contributed by atoms with Gasteiger partial charge in [-0.3, -0.25) is 4.79 Å². The zero-order valence-corrected chi connectivity index (χ0v) is 11.7.